The van der Waals surface area contributed by atoms with E-state index in [4.69, 9.17) is 16.3 Å². The van der Waals surface area contributed by atoms with Crippen LogP contribution >= 0.6 is 11.6 Å². The van der Waals surface area contributed by atoms with Crippen molar-refractivity contribution in [2.75, 3.05) is 12.4 Å². The predicted molar refractivity (Wildman–Crippen MR) is 84.3 cm³/mol. The Hall–Kier alpha value is -0.890. The third-order valence-electron chi connectivity index (χ3n) is 3.03. The highest BCUT2D eigenvalue weighted by atomic mass is 35.5. The molecule has 0 saturated carbocycles. The van der Waals surface area contributed by atoms with Crippen LogP contribution in [-0.2, 0) is 0 Å². The van der Waals surface area contributed by atoms with E-state index >= 15 is 0 Å². The van der Waals surface area contributed by atoms with E-state index in [1.807, 2.05) is 18.2 Å². The van der Waals surface area contributed by atoms with Crippen molar-refractivity contribution in [3.63, 3.8) is 0 Å². The number of hydrogen-bond acceptors (Lipinski definition) is 2. The van der Waals surface area contributed by atoms with Crippen LogP contribution in [0.2, 0.25) is 5.02 Å². The second kappa shape index (κ2) is 7.64. The van der Waals surface area contributed by atoms with E-state index in [1.54, 1.807) is 7.11 Å². The quantitative estimate of drug-likeness (QED) is 0.740. The number of methoxy groups -OCH3 is 1. The highest BCUT2D eigenvalue weighted by Crippen LogP contribution is 2.28. The topological polar surface area (TPSA) is 21.3 Å². The second-order valence-corrected chi connectivity index (χ2v) is 6.36. The molecule has 0 unspecified atom stereocenters. The van der Waals surface area contributed by atoms with Crippen LogP contribution in [-0.4, -0.2) is 13.2 Å². The lowest BCUT2D eigenvalue weighted by molar-refractivity contribution is 0.415. The highest BCUT2D eigenvalue weighted by molar-refractivity contribution is 6.32. The van der Waals surface area contributed by atoms with Crippen LogP contribution in [0.25, 0.3) is 0 Å². The molecule has 0 heterocycles. The summed E-state index contributed by atoms with van der Waals surface area (Å²) in [6, 6.07) is 6.36. The number of anilines is 1. The van der Waals surface area contributed by atoms with Gasteiger partial charge < -0.3 is 10.1 Å². The molecule has 0 aliphatic rings. The predicted octanol–water partition coefficient (Wildman–Crippen LogP) is 5.22. The number of rotatable bonds is 7. The normalized spacial score (nSPS) is 11.4. The molecule has 0 spiro atoms. The molecule has 0 aliphatic carbocycles. The molecule has 0 aliphatic heterocycles. The smallest absolute Gasteiger partial charge is 0.137 e. The molecule has 0 aromatic heterocycles. The molecule has 3 heteroatoms. The lowest BCUT2D eigenvalue weighted by Crippen LogP contribution is -2.23. The maximum absolute atomic E-state index is 6.16. The van der Waals surface area contributed by atoms with E-state index in [2.05, 4.69) is 33.0 Å². The lowest BCUT2D eigenvalue weighted by atomic mass is 9.95. The molecule has 1 rings (SSSR count). The van der Waals surface area contributed by atoms with Crippen molar-refractivity contribution < 1.29 is 4.74 Å². The molecule has 0 radical (unpaired) electrons. The lowest BCUT2D eigenvalue weighted by Gasteiger charge is -2.23. The number of nitrogens with one attached hydrogen (secondary N) is 1. The van der Waals surface area contributed by atoms with Gasteiger partial charge in [0, 0.05) is 11.7 Å². The van der Waals surface area contributed by atoms with Gasteiger partial charge in [-0.1, -0.05) is 39.3 Å². The molecular weight excluding hydrogens is 258 g/mol. The van der Waals surface area contributed by atoms with E-state index in [0.29, 0.717) is 22.9 Å². The Morgan fingerprint density at radius 1 is 1.11 bits per heavy atom. The largest absolute Gasteiger partial charge is 0.495 e. The molecule has 0 fully saturated rings. The summed E-state index contributed by atoms with van der Waals surface area (Å²) in [5.41, 5.74) is 1.07. The van der Waals surface area contributed by atoms with Crippen molar-refractivity contribution in [3.05, 3.63) is 23.2 Å². The van der Waals surface area contributed by atoms with Gasteiger partial charge in [0.25, 0.3) is 0 Å². The van der Waals surface area contributed by atoms with Crippen LogP contribution in [0.5, 0.6) is 5.75 Å². The van der Waals surface area contributed by atoms with Crippen LogP contribution in [0.1, 0.15) is 40.5 Å². The molecule has 2 nitrogen and oxygen atoms in total. The molecule has 0 amide bonds. The van der Waals surface area contributed by atoms with Crippen molar-refractivity contribution in [1.82, 2.24) is 0 Å². The van der Waals surface area contributed by atoms with Gasteiger partial charge in [0.15, 0.2) is 0 Å². The van der Waals surface area contributed by atoms with Crippen molar-refractivity contribution in [1.29, 1.82) is 0 Å². The summed E-state index contributed by atoms with van der Waals surface area (Å²) in [4.78, 5) is 0. The van der Waals surface area contributed by atoms with E-state index < -0.39 is 0 Å². The second-order valence-electron chi connectivity index (χ2n) is 5.95. The fourth-order valence-corrected chi connectivity index (χ4v) is 2.60. The Balaban J connectivity index is 2.74. The minimum atomic E-state index is 0.490. The Kier molecular flexibility index (Phi) is 6.50. The van der Waals surface area contributed by atoms with Gasteiger partial charge in [0.2, 0.25) is 0 Å². The average molecular weight is 284 g/mol. The van der Waals surface area contributed by atoms with E-state index in [0.717, 1.165) is 11.4 Å². The number of halogens is 1. The Bertz CT molecular complexity index is 380. The first-order chi connectivity index (χ1) is 8.92. The third kappa shape index (κ3) is 5.73. The van der Waals surface area contributed by atoms with Gasteiger partial charge in [0.05, 0.1) is 12.1 Å². The zero-order valence-electron chi connectivity index (χ0n) is 12.7. The molecule has 108 valence electrons. The van der Waals surface area contributed by atoms with Crippen LogP contribution in [0.4, 0.5) is 5.69 Å². The minimum Gasteiger partial charge on any atom is -0.495 e. The minimum absolute atomic E-state index is 0.490. The van der Waals surface area contributed by atoms with E-state index in [1.165, 1.54) is 12.8 Å². The van der Waals surface area contributed by atoms with E-state index in [9.17, 15) is 0 Å². The third-order valence-corrected chi connectivity index (χ3v) is 3.33. The molecule has 0 saturated heterocycles. The molecule has 0 bridgehead atoms. The average Bonchev–Trinajstić information content (AvgIpc) is 2.27. The van der Waals surface area contributed by atoms with Crippen LogP contribution in [0.3, 0.4) is 0 Å². The fraction of sp³-hybridized carbons (Fsp3) is 0.625. The first-order valence-corrected chi connectivity index (χ1v) is 7.40. The fourth-order valence-electron chi connectivity index (χ4n) is 2.34. The molecule has 1 aromatic rings. The summed E-state index contributed by atoms with van der Waals surface area (Å²) in [5, 5.41) is 4.25. The van der Waals surface area contributed by atoms with Crippen LogP contribution in [0, 0.1) is 11.8 Å². The summed E-state index contributed by atoms with van der Waals surface area (Å²) >= 11 is 6.16. The van der Waals surface area contributed by atoms with Gasteiger partial charge in [-0.25, -0.2) is 0 Å². The number of benzene rings is 1. The number of hydrogen-bond donors (Lipinski definition) is 1. The summed E-state index contributed by atoms with van der Waals surface area (Å²) in [5.74, 6) is 2.09. The highest BCUT2D eigenvalue weighted by Gasteiger charge is 2.13. The zero-order chi connectivity index (χ0) is 14.4. The summed E-state index contributed by atoms with van der Waals surface area (Å²) in [7, 11) is 1.63. The standard InChI is InChI=1S/C16H26ClNO/c1-11(2)8-14(9-12(3)4)18-13-6-7-16(19-5)15(17)10-13/h6-7,10-12,14,18H,8-9H2,1-5H3. The van der Waals surface area contributed by atoms with E-state index in [-0.39, 0.29) is 0 Å². The van der Waals surface area contributed by atoms with Crippen LogP contribution < -0.4 is 10.1 Å². The van der Waals surface area contributed by atoms with Crippen molar-refractivity contribution in [2.45, 2.75) is 46.6 Å². The van der Waals surface area contributed by atoms with Gasteiger partial charge >= 0.3 is 0 Å². The SMILES string of the molecule is COc1ccc(NC(CC(C)C)CC(C)C)cc1Cl. The number of ether oxygens (including phenoxy) is 1. The van der Waals surface area contributed by atoms with Gasteiger partial charge in [-0.3, -0.25) is 0 Å². The summed E-state index contributed by atoms with van der Waals surface area (Å²) < 4.78 is 5.17. The molecule has 19 heavy (non-hydrogen) atoms. The first kappa shape index (κ1) is 16.2. The summed E-state index contributed by atoms with van der Waals surface area (Å²) in [6.07, 6.45) is 2.34. The Morgan fingerprint density at radius 3 is 2.11 bits per heavy atom. The molecule has 0 atom stereocenters. The van der Waals surface area contributed by atoms with Crippen molar-refractivity contribution in [2.24, 2.45) is 11.8 Å². The monoisotopic (exact) mass is 283 g/mol. The molecule has 1 N–H and O–H groups in total. The maximum Gasteiger partial charge on any atom is 0.137 e. The molecule has 1 aromatic carbocycles. The van der Waals surface area contributed by atoms with Crippen molar-refractivity contribution >= 4 is 17.3 Å². The first-order valence-electron chi connectivity index (χ1n) is 7.02. The van der Waals surface area contributed by atoms with Gasteiger partial charge in [0.1, 0.15) is 5.75 Å². The van der Waals surface area contributed by atoms with Gasteiger partial charge in [-0.15, -0.1) is 0 Å². The summed E-state index contributed by atoms with van der Waals surface area (Å²) in [6.45, 7) is 9.04. The maximum atomic E-state index is 6.16. The van der Waals surface area contributed by atoms with Crippen LogP contribution in [0.15, 0.2) is 18.2 Å². The Morgan fingerprint density at radius 2 is 1.68 bits per heavy atom. The molecular formula is C16H26ClNO. The van der Waals surface area contributed by atoms with Gasteiger partial charge in [-0.05, 0) is 42.9 Å². The Labute approximate surface area is 122 Å². The zero-order valence-corrected chi connectivity index (χ0v) is 13.4. The van der Waals surface area contributed by atoms with Gasteiger partial charge in [-0.2, -0.15) is 0 Å². The van der Waals surface area contributed by atoms with Crippen molar-refractivity contribution in [3.8, 4) is 5.75 Å².